The van der Waals surface area contributed by atoms with Gasteiger partial charge in [-0.1, -0.05) is 0 Å². The zero-order valence-corrected chi connectivity index (χ0v) is 10.0. The summed E-state index contributed by atoms with van der Waals surface area (Å²) in [6.07, 6.45) is 1.24. The molecule has 1 atom stereocenters. The number of sulfone groups is 1. The van der Waals surface area contributed by atoms with Crippen LogP contribution in [-0.4, -0.2) is 37.9 Å². The summed E-state index contributed by atoms with van der Waals surface area (Å²) in [5.74, 6) is -0.0712. The molecule has 0 aromatic heterocycles. The fraction of sp³-hybridized carbons (Fsp3) is 0.900. The highest BCUT2D eigenvalue weighted by molar-refractivity contribution is 7.92. The predicted octanol–water partition coefficient (Wildman–Crippen LogP) is 0.948. The Bertz CT molecular complexity index is 314. The number of carbonyl (C=O) groups is 1. The van der Waals surface area contributed by atoms with Crippen molar-refractivity contribution < 1.29 is 17.9 Å². The second kappa shape index (κ2) is 5.07. The Labute approximate surface area is 90.9 Å². The Kier molecular flexibility index (Phi) is 4.28. The average Bonchev–Trinajstić information content (AvgIpc) is 2.18. The Balaban J connectivity index is 2.67. The largest absolute Gasteiger partial charge is 0.381 e. The van der Waals surface area contributed by atoms with Gasteiger partial charge in [0.25, 0.3) is 0 Å². The van der Waals surface area contributed by atoms with Crippen molar-refractivity contribution >= 4 is 15.6 Å². The van der Waals surface area contributed by atoms with Crippen LogP contribution in [0.15, 0.2) is 0 Å². The van der Waals surface area contributed by atoms with Crippen LogP contribution in [0.4, 0.5) is 0 Å². The van der Waals surface area contributed by atoms with Crippen LogP contribution < -0.4 is 0 Å². The quantitative estimate of drug-likeness (QED) is 0.726. The van der Waals surface area contributed by atoms with E-state index in [1.54, 1.807) is 6.92 Å². The molecule has 1 aliphatic heterocycles. The summed E-state index contributed by atoms with van der Waals surface area (Å²) in [6.45, 7) is 4.07. The van der Waals surface area contributed by atoms with E-state index >= 15 is 0 Å². The molecule has 1 unspecified atom stereocenters. The van der Waals surface area contributed by atoms with E-state index in [2.05, 4.69) is 0 Å². The predicted molar refractivity (Wildman–Crippen MR) is 57.5 cm³/mol. The standard InChI is InChI=1S/C10H18O4S/c1-8(11)7-9(2)15(12,13)10-3-5-14-6-4-10/h9-10H,3-7H2,1-2H3. The smallest absolute Gasteiger partial charge is 0.156 e. The average molecular weight is 234 g/mol. The Morgan fingerprint density at radius 1 is 1.40 bits per heavy atom. The van der Waals surface area contributed by atoms with E-state index in [4.69, 9.17) is 4.74 Å². The van der Waals surface area contributed by atoms with Crippen molar-refractivity contribution in [3.63, 3.8) is 0 Å². The van der Waals surface area contributed by atoms with Gasteiger partial charge in [-0.15, -0.1) is 0 Å². The normalized spacial score (nSPS) is 21.2. The summed E-state index contributed by atoms with van der Waals surface area (Å²) in [7, 11) is -3.16. The van der Waals surface area contributed by atoms with Gasteiger partial charge in [0.2, 0.25) is 0 Å². The summed E-state index contributed by atoms with van der Waals surface area (Å²) in [6, 6.07) is 0. The molecule has 88 valence electrons. The van der Waals surface area contributed by atoms with Crippen LogP contribution in [0.3, 0.4) is 0 Å². The molecule has 0 N–H and O–H groups in total. The van der Waals surface area contributed by atoms with Gasteiger partial charge in [-0.25, -0.2) is 8.42 Å². The van der Waals surface area contributed by atoms with Crippen LogP contribution in [0.2, 0.25) is 0 Å². The molecule has 15 heavy (non-hydrogen) atoms. The zero-order valence-electron chi connectivity index (χ0n) is 9.23. The van der Waals surface area contributed by atoms with Gasteiger partial charge in [-0.2, -0.15) is 0 Å². The lowest BCUT2D eigenvalue weighted by molar-refractivity contribution is -0.116. The molecule has 4 nitrogen and oxygen atoms in total. The molecule has 0 aromatic carbocycles. The Morgan fingerprint density at radius 3 is 2.40 bits per heavy atom. The highest BCUT2D eigenvalue weighted by atomic mass is 32.2. The van der Waals surface area contributed by atoms with Crippen molar-refractivity contribution in [1.29, 1.82) is 0 Å². The van der Waals surface area contributed by atoms with Crippen LogP contribution in [0.25, 0.3) is 0 Å². The second-order valence-electron chi connectivity index (χ2n) is 4.12. The van der Waals surface area contributed by atoms with Gasteiger partial charge in [0, 0.05) is 19.6 Å². The first kappa shape index (κ1) is 12.6. The van der Waals surface area contributed by atoms with Crippen molar-refractivity contribution in [1.82, 2.24) is 0 Å². The van der Waals surface area contributed by atoms with Crippen molar-refractivity contribution in [3.8, 4) is 0 Å². The van der Waals surface area contributed by atoms with Crippen LogP contribution in [-0.2, 0) is 19.4 Å². The van der Waals surface area contributed by atoms with E-state index in [0.29, 0.717) is 26.1 Å². The molecule has 1 aliphatic rings. The van der Waals surface area contributed by atoms with Crippen LogP contribution in [0.1, 0.15) is 33.1 Å². The van der Waals surface area contributed by atoms with Crippen molar-refractivity contribution in [2.75, 3.05) is 13.2 Å². The summed E-state index contributed by atoms with van der Waals surface area (Å²) in [5.41, 5.74) is 0. The minimum absolute atomic E-state index is 0.0712. The van der Waals surface area contributed by atoms with E-state index in [9.17, 15) is 13.2 Å². The molecule has 1 saturated heterocycles. The Morgan fingerprint density at radius 2 is 1.93 bits per heavy atom. The minimum Gasteiger partial charge on any atom is -0.381 e. The maximum Gasteiger partial charge on any atom is 0.156 e. The van der Waals surface area contributed by atoms with Gasteiger partial charge in [-0.3, -0.25) is 4.79 Å². The molecule has 0 aromatic rings. The van der Waals surface area contributed by atoms with Crippen LogP contribution in [0, 0.1) is 0 Å². The molecule has 1 fully saturated rings. The van der Waals surface area contributed by atoms with E-state index < -0.39 is 15.1 Å². The molecule has 0 spiro atoms. The molecule has 0 bridgehead atoms. The first-order valence-electron chi connectivity index (χ1n) is 5.24. The minimum atomic E-state index is -3.16. The van der Waals surface area contributed by atoms with Crippen molar-refractivity contribution in [2.45, 2.75) is 43.6 Å². The Hall–Kier alpha value is -0.420. The van der Waals surface area contributed by atoms with E-state index in [1.165, 1.54) is 6.92 Å². The third-order valence-electron chi connectivity index (χ3n) is 2.77. The number of hydrogen-bond acceptors (Lipinski definition) is 4. The summed E-state index contributed by atoms with van der Waals surface area (Å²) in [4.78, 5) is 10.9. The fourth-order valence-corrected chi connectivity index (χ4v) is 3.83. The maximum atomic E-state index is 12.0. The van der Waals surface area contributed by atoms with E-state index in [1.807, 2.05) is 0 Å². The van der Waals surface area contributed by atoms with Gasteiger partial charge < -0.3 is 4.74 Å². The third kappa shape index (κ3) is 3.28. The summed E-state index contributed by atoms with van der Waals surface area (Å²) >= 11 is 0. The lowest BCUT2D eigenvalue weighted by Gasteiger charge is -2.24. The molecule has 1 rings (SSSR count). The van der Waals surface area contributed by atoms with Gasteiger partial charge in [0.1, 0.15) is 5.78 Å². The van der Waals surface area contributed by atoms with E-state index in [0.717, 1.165) is 0 Å². The first-order valence-corrected chi connectivity index (χ1v) is 6.85. The van der Waals surface area contributed by atoms with Gasteiger partial charge in [0.05, 0.1) is 10.5 Å². The lowest BCUT2D eigenvalue weighted by Crippen LogP contribution is -2.35. The monoisotopic (exact) mass is 234 g/mol. The molecule has 0 radical (unpaired) electrons. The first-order chi connectivity index (χ1) is 6.94. The number of ketones is 1. The molecule has 0 saturated carbocycles. The number of carbonyl (C=O) groups excluding carboxylic acids is 1. The number of rotatable bonds is 4. The maximum absolute atomic E-state index is 12.0. The summed E-state index contributed by atoms with van der Waals surface area (Å²) < 4.78 is 29.2. The topological polar surface area (TPSA) is 60.4 Å². The second-order valence-corrected chi connectivity index (χ2v) is 6.77. The summed E-state index contributed by atoms with van der Waals surface area (Å²) in [5, 5.41) is -0.876. The van der Waals surface area contributed by atoms with Crippen LogP contribution >= 0.6 is 0 Å². The molecule has 0 aliphatic carbocycles. The van der Waals surface area contributed by atoms with Gasteiger partial charge in [0.15, 0.2) is 9.84 Å². The van der Waals surface area contributed by atoms with Crippen molar-refractivity contribution in [2.24, 2.45) is 0 Å². The molecular formula is C10H18O4S. The van der Waals surface area contributed by atoms with Crippen molar-refractivity contribution in [3.05, 3.63) is 0 Å². The number of Topliss-reactive ketones (excluding diaryl/α,β-unsaturated/α-hetero) is 1. The highest BCUT2D eigenvalue weighted by Gasteiger charge is 2.32. The third-order valence-corrected chi connectivity index (χ3v) is 5.46. The highest BCUT2D eigenvalue weighted by Crippen LogP contribution is 2.21. The van der Waals surface area contributed by atoms with E-state index in [-0.39, 0.29) is 17.5 Å². The van der Waals surface area contributed by atoms with Crippen LogP contribution in [0.5, 0.6) is 0 Å². The lowest BCUT2D eigenvalue weighted by atomic mass is 10.2. The van der Waals surface area contributed by atoms with Gasteiger partial charge >= 0.3 is 0 Å². The molecular weight excluding hydrogens is 216 g/mol. The molecule has 1 heterocycles. The molecule has 5 heteroatoms. The van der Waals surface area contributed by atoms with Gasteiger partial charge in [-0.05, 0) is 26.7 Å². The fourth-order valence-electron chi connectivity index (χ4n) is 1.85. The zero-order chi connectivity index (χ0) is 11.5. The molecule has 0 amide bonds. The SMILES string of the molecule is CC(=O)CC(C)S(=O)(=O)C1CCOCC1. The number of hydrogen-bond donors (Lipinski definition) is 0. The number of ether oxygens (including phenoxy) is 1.